The van der Waals surface area contributed by atoms with E-state index in [1.54, 1.807) is 57.2 Å². The lowest BCUT2D eigenvalue weighted by molar-refractivity contribution is -0.328. The lowest BCUT2D eigenvalue weighted by atomic mass is 10.2. The number of nitrogens with zero attached hydrogens (tertiary/aromatic N) is 2. The topological polar surface area (TPSA) is 130 Å². The van der Waals surface area contributed by atoms with Gasteiger partial charge in [-0.05, 0) is 45.0 Å². The first-order valence-corrected chi connectivity index (χ1v) is 11.3. The molecule has 1 aliphatic heterocycles. The summed E-state index contributed by atoms with van der Waals surface area (Å²) in [6.45, 7) is 4.79. The molecule has 0 aliphatic carbocycles. The number of amides is 1. The van der Waals surface area contributed by atoms with Gasteiger partial charge >= 0.3 is 24.4 Å². The molecule has 2 aromatic carbocycles. The highest BCUT2D eigenvalue weighted by Gasteiger charge is 2.47. The number of hydrogen-bond donors (Lipinski definition) is 0. The molecule has 1 saturated heterocycles. The molecular formula is C25H28N2O10. The van der Waals surface area contributed by atoms with E-state index in [2.05, 4.69) is 0 Å². The Kier molecular flexibility index (Phi) is 8.90. The molecule has 0 saturated carbocycles. The zero-order valence-electron chi connectivity index (χ0n) is 20.8. The van der Waals surface area contributed by atoms with Gasteiger partial charge in [-0.15, -0.1) is 0 Å². The maximum Gasteiger partial charge on any atom is 0.536 e. The number of rotatable bonds is 6. The molecule has 37 heavy (non-hydrogen) atoms. The number of methoxy groups -OCH3 is 1. The van der Waals surface area contributed by atoms with Gasteiger partial charge in [0.25, 0.3) is 0 Å². The van der Waals surface area contributed by atoms with Crippen LogP contribution >= 0.6 is 0 Å². The van der Waals surface area contributed by atoms with E-state index < -0.39 is 42.1 Å². The number of para-hydroxylation sites is 2. The number of hydroxylamine groups is 2. The first kappa shape index (κ1) is 27.3. The Morgan fingerprint density at radius 3 is 1.76 bits per heavy atom. The average molecular weight is 517 g/mol. The molecule has 198 valence electrons. The number of hydrogen-bond acceptors (Lipinski definition) is 11. The largest absolute Gasteiger partial charge is 0.536 e. The predicted molar refractivity (Wildman–Crippen MR) is 126 cm³/mol. The summed E-state index contributed by atoms with van der Waals surface area (Å²) < 4.78 is 20.4. The second-order valence-electron chi connectivity index (χ2n) is 8.86. The molecule has 0 unspecified atom stereocenters. The Morgan fingerprint density at radius 1 is 0.838 bits per heavy atom. The first-order valence-electron chi connectivity index (χ1n) is 11.3. The molecule has 2 atom stereocenters. The van der Waals surface area contributed by atoms with Crippen LogP contribution in [0.15, 0.2) is 60.7 Å². The van der Waals surface area contributed by atoms with Crippen LogP contribution in [0.3, 0.4) is 0 Å². The van der Waals surface area contributed by atoms with Crippen molar-refractivity contribution in [1.82, 2.24) is 10.1 Å². The summed E-state index contributed by atoms with van der Waals surface area (Å²) in [5.41, 5.74) is -0.846. The average Bonchev–Trinajstić information content (AvgIpc) is 3.29. The standard InChI is InChI=1S/C25H28N2O10/c1-25(2,3)35-22(29)26-16-17(15-20(26)21(28)32-4)27(36-23(30)33-18-11-7-5-8-12-18)37-24(31)34-19-13-9-6-10-14-19/h5-14,17,20H,15-16H2,1-4H3/t17-,20+/m1/s1. The van der Waals surface area contributed by atoms with E-state index in [1.165, 1.54) is 31.4 Å². The van der Waals surface area contributed by atoms with Gasteiger partial charge in [0.2, 0.25) is 0 Å². The van der Waals surface area contributed by atoms with Gasteiger partial charge in [-0.25, -0.2) is 19.2 Å². The van der Waals surface area contributed by atoms with Gasteiger partial charge in [-0.1, -0.05) is 36.4 Å². The highest BCUT2D eigenvalue weighted by Crippen LogP contribution is 2.27. The van der Waals surface area contributed by atoms with Gasteiger partial charge in [-0.2, -0.15) is 0 Å². The van der Waals surface area contributed by atoms with E-state index >= 15 is 0 Å². The minimum absolute atomic E-state index is 0.122. The SMILES string of the molecule is COC(=O)[C@@H]1C[C@@H](N(OC(=O)Oc2ccccc2)OC(=O)Oc2ccccc2)CN1C(=O)OC(C)(C)C. The third-order valence-electron chi connectivity index (χ3n) is 4.90. The number of esters is 1. The van der Waals surface area contributed by atoms with Crippen LogP contribution in [-0.2, 0) is 23.9 Å². The van der Waals surface area contributed by atoms with E-state index in [9.17, 15) is 19.2 Å². The number of likely N-dealkylation sites (tertiary alicyclic amines) is 1. The Bertz CT molecular complexity index is 1030. The third-order valence-corrected chi connectivity index (χ3v) is 4.90. The van der Waals surface area contributed by atoms with Crippen molar-refractivity contribution in [3.8, 4) is 11.5 Å². The predicted octanol–water partition coefficient (Wildman–Crippen LogP) is 4.10. The summed E-state index contributed by atoms with van der Waals surface area (Å²) in [7, 11) is 1.17. The van der Waals surface area contributed by atoms with Crippen LogP contribution in [-0.4, -0.2) is 65.8 Å². The fourth-order valence-electron chi connectivity index (χ4n) is 3.37. The lowest BCUT2D eigenvalue weighted by Crippen LogP contribution is -2.45. The van der Waals surface area contributed by atoms with Crippen molar-refractivity contribution in [3.63, 3.8) is 0 Å². The van der Waals surface area contributed by atoms with Crippen LogP contribution in [0.2, 0.25) is 0 Å². The van der Waals surface area contributed by atoms with Gasteiger partial charge in [0.15, 0.2) is 0 Å². The van der Waals surface area contributed by atoms with E-state index in [4.69, 9.17) is 28.6 Å². The van der Waals surface area contributed by atoms with Crippen molar-refractivity contribution in [1.29, 1.82) is 0 Å². The van der Waals surface area contributed by atoms with Crippen molar-refractivity contribution in [3.05, 3.63) is 60.7 Å². The number of carbonyl (C=O) groups excluding carboxylic acids is 4. The molecule has 1 aliphatic rings. The van der Waals surface area contributed by atoms with Crippen molar-refractivity contribution < 1.29 is 47.8 Å². The first-order chi connectivity index (χ1) is 17.6. The van der Waals surface area contributed by atoms with Gasteiger partial charge in [0.05, 0.1) is 7.11 Å². The van der Waals surface area contributed by atoms with Crippen LogP contribution in [0.1, 0.15) is 27.2 Å². The maximum atomic E-state index is 12.8. The summed E-state index contributed by atoms with van der Waals surface area (Å²) >= 11 is 0. The zero-order valence-corrected chi connectivity index (χ0v) is 20.8. The third kappa shape index (κ3) is 8.10. The molecule has 0 radical (unpaired) electrons. The molecule has 2 aromatic rings. The Balaban J connectivity index is 1.80. The molecule has 0 N–H and O–H groups in total. The van der Waals surface area contributed by atoms with Gasteiger partial charge < -0.3 is 18.9 Å². The second-order valence-corrected chi connectivity index (χ2v) is 8.86. The normalized spacial score (nSPS) is 17.1. The molecule has 1 amide bonds. The van der Waals surface area contributed by atoms with E-state index in [0.717, 1.165) is 4.90 Å². The fraction of sp³-hybridized carbons (Fsp3) is 0.360. The van der Waals surface area contributed by atoms with Crippen LogP contribution in [0.5, 0.6) is 11.5 Å². The highest BCUT2D eigenvalue weighted by atomic mass is 17.0. The fourth-order valence-corrected chi connectivity index (χ4v) is 3.37. The van der Waals surface area contributed by atoms with Crippen LogP contribution < -0.4 is 9.47 Å². The van der Waals surface area contributed by atoms with Crippen LogP contribution in [0, 0.1) is 0 Å². The quantitative estimate of drug-likeness (QED) is 0.312. The molecule has 0 bridgehead atoms. The molecule has 1 fully saturated rings. The summed E-state index contributed by atoms with van der Waals surface area (Å²) in [6.07, 6.45) is -3.39. The Morgan fingerprint density at radius 2 is 1.32 bits per heavy atom. The molecule has 0 aromatic heterocycles. The molecule has 0 spiro atoms. The van der Waals surface area contributed by atoms with Crippen molar-refractivity contribution >= 4 is 24.4 Å². The molecule has 12 nitrogen and oxygen atoms in total. The Labute approximate surface area is 213 Å². The van der Waals surface area contributed by atoms with Crippen molar-refractivity contribution in [2.75, 3.05) is 13.7 Å². The second kappa shape index (κ2) is 12.1. The van der Waals surface area contributed by atoms with E-state index in [1.807, 2.05) is 0 Å². The molecule has 1 heterocycles. The molecular weight excluding hydrogens is 488 g/mol. The summed E-state index contributed by atoms with van der Waals surface area (Å²) in [6, 6.07) is 14.0. The smallest absolute Gasteiger partial charge is 0.467 e. The summed E-state index contributed by atoms with van der Waals surface area (Å²) in [5, 5.41) is 0.539. The van der Waals surface area contributed by atoms with E-state index in [-0.39, 0.29) is 24.5 Å². The van der Waals surface area contributed by atoms with Gasteiger partial charge in [-0.3, -0.25) is 14.6 Å². The lowest BCUT2D eigenvalue weighted by Gasteiger charge is -2.27. The van der Waals surface area contributed by atoms with Crippen LogP contribution in [0.25, 0.3) is 0 Å². The van der Waals surface area contributed by atoms with Gasteiger partial charge in [0, 0.05) is 18.2 Å². The van der Waals surface area contributed by atoms with Crippen molar-refractivity contribution in [2.45, 2.75) is 44.9 Å². The van der Waals surface area contributed by atoms with Gasteiger partial charge in [0.1, 0.15) is 29.2 Å². The zero-order chi connectivity index (χ0) is 27.0. The minimum Gasteiger partial charge on any atom is -0.467 e. The monoisotopic (exact) mass is 516 g/mol. The number of ether oxygens (including phenoxy) is 4. The minimum atomic E-state index is -1.23. The summed E-state index contributed by atoms with van der Waals surface area (Å²) in [4.78, 5) is 61.6. The van der Waals surface area contributed by atoms with Crippen LogP contribution in [0.4, 0.5) is 14.4 Å². The molecule has 3 rings (SSSR count). The maximum absolute atomic E-state index is 12.8. The number of benzene rings is 2. The number of carbonyl (C=O) groups is 4. The Hall–Kier alpha value is -4.32. The molecule has 12 heteroatoms. The summed E-state index contributed by atoms with van der Waals surface area (Å²) in [5.74, 6) is -0.380. The highest BCUT2D eigenvalue weighted by molar-refractivity contribution is 5.82. The van der Waals surface area contributed by atoms with E-state index in [0.29, 0.717) is 5.23 Å². The van der Waals surface area contributed by atoms with Crippen molar-refractivity contribution in [2.24, 2.45) is 0 Å².